The van der Waals surface area contributed by atoms with Crippen molar-refractivity contribution in [3.63, 3.8) is 0 Å². The third-order valence-electron chi connectivity index (χ3n) is 4.82. The second-order valence-electron chi connectivity index (χ2n) is 5.72. The number of nitrogens with two attached hydrogens (primary N) is 1. The van der Waals surface area contributed by atoms with Gasteiger partial charge in [-0.05, 0) is 61.1 Å². The van der Waals surface area contributed by atoms with E-state index in [2.05, 4.69) is 23.4 Å². The summed E-state index contributed by atoms with van der Waals surface area (Å²) >= 11 is 0. The fourth-order valence-corrected chi connectivity index (χ4v) is 3.95. The number of hydrogen-bond donors (Lipinski definition) is 2. The van der Waals surface area contributed by atoms with Gasteiger partial charge in [0.05, 0.1) is 6.04 Å². The highest BCUT2D eigenvalue weighted by Crippen LogP contribution is 2.52. The molecule has 17 heavy (non-hydrogen) atoms. The molecular weight excluding hydrogens is 210 g/mol. The molecule has 0 saturated heterocycles. The molecule has 1 aromatic rings. The molecule has 1 heterocycles. The van der Waals surface area contributed by atoms with Crippen molar-refractivity contribution in [3.8, 4) is 0 Å². The number of pyridine rings is 1. The number of rotatable bonds is 3. The van der Waals surface area contributed by atoms with E-state index in [1.54, 1.807) is 0 Å². The summed E-state index contributed by atoms with van der Waals surface area (Å²) in [5.41, 5.74) is 5.63. The number of aryl methyl sites for hydroxylation is 1. The summed E-state index contributed by atoms with van der Waals surface area (Å²) in [4.78, 5) is 4.25. The van der Waals surface area contributed by atoms with E-state index >= 15 is 0 Å². The first kappa shape index (κ1) is 11.2. The van der Waals surface area contributed by atoms with Gasteiger partial charge in [0.15, 0.2) is 0 Å². The minimum Gasteiger partial charge on any atom is -0.271 e. The van der Waals surface area contributed by atoms with Crippen molar-refractivity contribution < 1.29 is 0 Å². The van der Waals surface area contributed by atoms with Gasteiger partial charge in [-0.2, -0.15) is 0 Å². The first-order chi connectivity index (χ1) is 8.29. The zero-order valence-electron chi connectivity index (χ0n) is 10.4. The Labute approximate surface area is 103 Å². The van der Waals surface area contributed by atoms with Crippen molar-refractivity contribution in [2.24, 2.45) is 23.6 Å². The first-order valence-electron chi connectivity index (χ1n) is 6.66. The molecule has 2 saturated carbocycles. The van der Waals surface area contributed by atoms with E-state index < -0.39 is 0 Å². The SMILES string of the molecule is Cc1ccncc1C(NN)C1CC2CCC1C2. The number of aromatic nitrogens is 1. The molecule has 0 radical (unpaired) electrons. The summed E-state index contributed by atoms with van der Waals surface area (Å²) in [5, 5.41) is 0. The molecule has 3 N–H and O–H groups in total. The fraction of sp³-hybridized carbons (Fsp3) is 0.643. The van der Waals surface area contributed by atoms with Gasteiger partial charge in [0.2, 0.25) is 0 Å². The normalized spacial score (nSPS) is 32.9. The summed E-state index contributed by atoms with van der Waals surface area (Å²) in [6, 6.07) is 2.37. The Kier molecular flexibility index (Phi) is 2.89. The molecule has 2 bridgehead atoms. The van der Waals surface area contributed by atoms with Crippen LogP contribution in [0.4, 0.5) is 0 Å². The number of nitrogens with one attached hydrogen (secondary N) is 1. The van der Waals surface area contributed by atoms with Gasteiger partial charge in [0, 0.05) is 12.4 Å². The van der Waals surface area contributed by atoms with Gasteiger partial charge in [-0.3, -0.25) is 16.3 Å². The summed E-state index contributed by atoms with van der Waals surface area (Å²) in [5.74, 6) is 8.35. The van der Waals surface area contributed by atoms with Crippen molar-refractivity contribution >= 4 is 0 Å². The van der Waals surface area contributed by atoms with Crippen LogP contribution in [0, 0.1) is 24.7 Å². The molecule has 2 fully saturated rings. The number of fused-ring (bicyclic) bond motifs is 2. The molecule has 0 aromatic carbocycles. The van der Waals surface area contributed by atoms with Gasteiger partial charge in [-0.15, -0.1) is 0 Å². The predicted octanol–water partition coefficient (Wildman–Crippen LogP) is 2.33. The van der Waals surface area contributed by atoms with E-state index in [4.69, 9.17) is 5.84 Å². The van der Waals surface area contributed by atoms with Crippen molar-refractivity contribution in [1.29, 1.82) is 0 Å². The highest BCUT2D eigenvalue weighted by Gasteiger charge is 2.43. The lowest BCUT2D eigenvalue weighted by atomic mass is 9.80. The van der Waals surface area contributed by atoms with E-state index in [-0.39, 0.29) is 0 Å². The molecule has 3 rings (SSSR count). The number of hydrogen-bond acceptors (Lipinski definition) is 3. The van der Waals surface area contributed by atoms with Crippen molar-refractivity contribution in [2.45, 2.75) is 38.6 Å². The second kappa shape index (κ2) is 4.39. The Bertz CT molecular complexity index is 404. The van der Waals surface area contributed by atoms with Crippen LogP contribution in [-0.4, -0.2) is 4.98 Å². The summed E-state index contributed by atoms with van der Waals surface area (Å²) in [6.07, 6.45) is 9.42. The maximum Gasteiger partial charge on any atom is 0.0508 e. The second-order valence-corrected chi connectivity index (χ2v) is 5.72. The molecule has 3 nitrogen and oxygen atoms in total. The Hall–Kier alpha value is -0.930. The molecular formula is C14H21N3. The Balaban J connectivity index is 1.87. The largest absolute Gasteiger partial charge is 0.271 e. The maximum atomic E-state index is 5.81. The summed E-state index contributed by atoms with van der Waals surface area (Å²) in [7, 11) is 0. The monoisotopic (exact) mass is 231 g/mol. The van der Waals surface area contributed by atoms with Crippen LogP contribution >= 0.6 is 0 Å². The van der Waals surface area contributed by atoms with Crippen LogP contribution in [0.5, 0.6) is 0 Å². The minimum absolute atomic E-state index is 0.291. The van der Waals surface area contributed by atoms with E-state index in [9.17, 15) is 0 Å². The van der Waals surface area contributed by atoms with Crippen LogP contribution in [0.1, 0.15) is 42.9 Å². The molecule has 0 aliphatic heterocycles. The Morgan fingerprint density at radius 3 is 2.88 bits per heavy atom. The number of hydrazine groups is 1. The lowest BCUT2D eigenvalue weighted by Crippen LogP contribution is -2.36. The third-order valence-corrected chi connectivity index (χ3v) is 4.82. The molecule has 2 aliphatic rings. The molecule has 4 atom stereocenters. The van der Waals surface area contributed by atoms with Gasteiger partial charge >= 0.3 is 0 Å². The van der Waals surface area contributed by atoms with E-state index in [0.29, 0.717) is 12.0 Å². The molecule has 2 aliphatic carbocycles. The lowest BCUT2D eigenvalue weighted by Gasteiger charge is -2.31. The molecule has 3 heteroatoms. The summed E-state index contributed by atoms with van der Waals surface area (Å²) in [6.45, 7) is 2.15. The van der Waals surface area contributed by atoms with E-state index in [0.717, 1.165) is 11.8 Å². The molecule has 92 valence electrons. The summed E-state index contributed by atoms with van der Waals surface area (Å²) < 4.78 is 0. The van der Waals surface area contributed by atoms with Crippen LogP contribution < -0.4 is 11.3 Å². The van der Waals surface area contributed by atoms with Crippen LogP contribution in [0.25, 0.3) is 0 Å². The standard InChI is InChI=1S/C14H21N3/c1-9-4-5-16-8-13(9)14(17-15)12-7-10-2-3-11(12)6-10/h4-5,8,10-12,14,17H,2-3,6-7,15H2,1H3. The quantitative estimate of drug-likeness (QED) is 0.620. The highest BCUT2D eigenvalue weighted by molar-refractivity contribution is 5.26. The van der Waals surface area contributed by atoms with Crippen LogP contribution in [0.2, 0.25) is 0 Å². The zero-order valence-corrected chi connectivity index (χ0v) is 10.4. The lowest BCUT2D eigenvalue weighted by molar-refractivity contribution is 0.251. The third kappa shape index (κ3) is 1.87. The van der Waals surface area contributed by atoms with E-state index in [1.165, 1.54) is 36.8 Å². The van der Waals surface area contributed by atoms with Gasteiger partial charge in [0.1, 0.15) is 0 Å². The Morgan fingerprint density at radius 2 is 2.29 bits per heavy atom. The van der Waals surface area contributed by atoms with Gasteiger partial charge in [-0.25, -0.2) is 0 Å². The van der Waals surface area contributed by atoms with Crippen LogP contribution in [0.15, 0.2) is 18.5 Å². The van der Waals surface area contributed by atoms with Crippen molar-refractivity contribution in [2.75, 3.05) is 0 Å². The molecule has 0 amide bonds. The van der Waals surface area contributed by atoms with Crippen molar-refractivity contribution in [3.05, 3.63) is 29.6 Å². The molecule has 1 aromatic heterocycles. The molecule has 0 spiro atoms. The predicted molar refractivity (Wildman–Crippen MR) is 68.0 cm³/mol. The van der Waals surface area contributed by atoms with Gasteiger partial charge in [0.25, 0.3) is 0 Å². The number of nitrogens with zero attached hydrogens (tertiary/aromatic N) is 1. The fourth-order valence-electron chi connectivity index (χ4n) is 3.95. The topological polar surface area (TPSA) is 50.9 Å². The first-order valence-corrected chi connectivity index (χ1v) is 6.66. The zero-order chi connectivity index (χ0) is 11.8. The highest BCUT2D eigenvalue weighted by atomic mass is 15.2. The average Bonchev–Trinajstić information content (AvgIpc) is 2.95. The smallest absolute Gasteiger partial charge is 0.0508 e. The maximum absolute atomic E-state index is 5.81. The average molecular weight is 231 g/mol. The minimum atomic E-state index is 0.291. The van der Waals surface area contributed by atoms with E-state index in [1.807, 2.05) is 12.4 Å². The van der Waals surface area contributed by atoms with Gasteiger partial charge < -0.3 is 0 Å². The van der Waals surface area contributed by atoms with Crippen LogP contribution in [-0.2, 0) is 0 Å². The Morgan fingerprint density at radius 1 is 1.41 bits per heavy atom. The molecule has 4 unspecified atom stereocenters. The van der Waals surface area contributed by atoms with Crippen molar-refractivity contribution in [1.82, 2.24) is 10.4 Å². The van der Waals surface area contributed by atoms with Crippen LogP contribution in [0.3, 0.4) is 0 Å². The van der Waals surface area contributed by atoms with Gasteiger partial charge in [-0.1, -0.05) is 6.42 Å².